The summed E-state index contributed by atoms with van der Waals surface area (Å²) in [6.07, 6.45) is 6.39. The van der Waals surface area contributed by atoms with E-state index in [9.17, 15) is 4.79 Å². The van der Waals surface area contributed by atoms with Crippen molar-refractivity contribution in [1.29, 1.82) is 0 Å². The topological polar surface area (TPSA) is 52.6 Å². The molecule has 0 unspecified atom stereocenters. The van der Waals surface area contributed by atoms with Gasteiger partial charge in [-0.15, -0.1) is 0 Å². The lowest BCUT2D eigenvalue weighted by atomic mass is 9.93. The number of fused-ring (bicyclic) bond motifs is 1. The number of hydrogen-bond donors (Lipinski definition) is 2. The second kappa shape index (κ2) is 5.11. The van der Waals surface area contributed by atoms with E-state index in [1.165, 1.54) is 32.1 Å². The number of nitrogens with one attached hydrogen (secondary N) is 1. The summed E-state index contributed by atoms with van der Waals surface area (Å²) in [6.45, 7) is 1.91. The lowest BCUT2D eigenvalue weighted by Gasteiger charge is -2.40. The minimum absolute atomic E-state index is 0.378. The van der Waals surface area contributed by atoms with Gasteiger partial charge in [0.25, 0.3) is 0 Å². The van der Waals surface area contributed by atoms with Crippen molar-refractivity contribution in [3.63, 3.8) is 0 Å². The van der Waals surface area contributed by atoms with Crippen LogP contribution in [-0.2, 0) is 0 Å². The number of carbonyl (C=O) groups is 1. The Morgan fingerprint density at radius 3 is 2.79 bits per heavy atom. The van der Waals surface area contributed by atoms with Gasteiger partial charge in [0.1, 0.15) is 0 Å². The summed E-state index contributed by atoms with van der Waals surface area (Å²) in [5.41, 5.74) is 2.52. The van der Waals surface area contributed by atoms with Crippen molar-refractivity contribution < 1.29 is 9.90 Å². The zero-order chi connectivity index (χ0) is 13.2. The van der Waals surface area contributed by atoms with Crippen LogP contribution in [0.1, 0.15) is 42.5 Å². The van der Waals surface area contributed by atoms with Crippen LogP contribution in [0.25, 0.3) is 0 Å². The molecule has 2 N–H and O–H groups in total. The Labute approximate surface area is 113 Å². The van der Waals surface area contributed by atoms with Crippen molar-refractivity contribution in [1.82, 2.24) is 0 Å². The van der Waals surface area contributed by atoms with E-state index in [4.69, 9.17) is 5.11 Å². The minimum atomic E-state index is -0.850. The van der Waals surface area contributed by atoms with Crippen LogP contribution in [0.4, 0.5) is 11.4 Å². The van der Waals surface area contributed by atoms with E-state index in [1.54, 1.807) is 6.07 Å². The van der Waals surface area contributed by atoms with Crippen LogP contribution in [0, 0.1) is 0 Å². The second-order valence-electron chi connectivity index (χ2n) is 5.45. The van der Waals surface area contributed by atoms with Gasteiger partial charge in [-0.1, -0.05) is 19.3 Å². The molecule has 4 nitrogen and oxygen atoms in total. The van der Waals surface area contributed by atoms with Crippen LogP contribution in [0.5, 0.6) is 0 Å². The Hall–Kier alpha value is -1.71. The quantitative estimate of drug-likeness (QED) is 0.858. The first kappa shape index (κ1) is 12.3. The third-order valence-electron chi connectivity index (χ3n) is 4.24. The molecule has 0 radical (unpaired) electrons. The monoisotopic (exact) mass is 260 g/mol. The maximum atomic E-state index is 11.1. The van der Waals surface area contributed by atoms with Gasteiger partial charge in [0, 0.05) is 19.1 Å². The zero-order valence-electron chi connectivity index (χ0n) is 11.1. The minimum Gasteiger partial charge on any atom is -0.478 e. The lowest BCUT2D eigenvalue weighted by Crippen LogP contribution is -2.42. The van der Waals surface area contributed by atoms with E-state index < -0.39 is 5.97 Å². The number of hydrogen-bond acceptors (Lipinski definition) is 3. The van der Waals surface area contributed by atoms with Gasteiger partial charge in [0.15, 0.2) is 0 Å². The fraction of sp³-hybridized carbons (Fsp3) is 0.533. The van der Waals surface area contributed by atoms with Crippen molar-refractivity contribution >= 4 is 17.3 Å². The van der Waals surface area contributed by atoms with Gasteiger partial charge in [-0.3, -0.25) is 0 Å². The average molecular weight is 260 g/mol. The maximum absolute atomic E-state index is 11.1. The maximum Gasteiger partial charge on any atom is 0.335 e. The van der Waals surface area contributed by atoms with Crippen molar-refractivity contribution in [2.45, 2.75) is 38.1 Å². The second-order valence-corrected chi connectivity index (χ2v) is 5.45. The molecule has 1 heterocycles. The standard InChI is InChI=1S/C15H20N2O2/c18-15(19)11-6-7-13-14(10-11)17(9-8-16-13)12-4-2-1-3-5-12/h6-7,10,12,16H,1-5,8-9H2,(H,18,19). The highest BCUT2D eigenvalue weighted by atomic mass is 16.4. The average Bonchev–Trinajstić information content (AvgIpc) is 2.47. The van der Waals surface area contributed by atoms with Crippen LogP contribution < -0.4 is 10.2 Å². The van der Waals surface area contributed by atoms with Crippen LogP contribution >= 0.6 is 0 Å². The number of benzene rings is 1. The number of nitrogens with zero attached hydrogens (tertiary/aromatic N) is 1. The molecule has 3 rings (SSSR count). The molecule has 0 bridgehead atoms. The molecular weight excluding hydrogens is 240 g/mol. The van der Waals surface area contributed by atoms with Crippen LogP contribution in [0.15, 0.2) is 18.2 Å². The fourth-order valence-corrected chi connectivity index (χ4v) is 3.26. The number of carboxylic acid groups (broad SMARTS) is 1. The molecule has 0 amide bonds. The summed E-state index contributed by atoms with van der Waals surface area (Å²) >= 11 is 0. The Kier molecular flexibility index (Phi) is 3.32. The fourth-order valence-electron chi connectivity index (χ4n) is 3.26. The van der Waals surface area contributed by atoms with Gasteiger partial charge in [0.2, 0.25) is 0 Å². The molecule has 4 heteroatoms. The number of rotatable bonds is 2. The smallest absolute Gasteiger partial charge is 0.335 e. The highest BCUT2D eigenvalue weighted by Gasteiger charge is 2.26. The number of anilines is 2. The number of carboxylic acids is 1. The molecule has 1 aromatic carbocycles. The molecule has 19 heavy (non-hydrogen) atoms. The SMILES string of the molecule is O=C(O)c1ccc2c(c1)N(C1CCCCC1)CCN2. The summed E-state index contributed by atoms with van der Waals surface area (Å²) < 4.78 is 0. The normalized spacial score (nSPS) is 19.7. The van der Waals surface area contributed by atoms with E-state index >= 15 is 0 Å². The third-order valence-corrected chi connectivity index (χ3v) is 4.24. The first-order valence-electron chi connectivity index (χ1n) is 7.13. The van der Waals surface area contributed by atoms with E-state index in [0.717, 1.165) is 24.5 Å². The molecule has 1 fully saturated rings. The lowest BCUT2D eigenvalue weighted by molar-refractivity contribution is 0.0697. The molecule has 0 aromatic heterocycles. The summed E-state index contributed by atoms with van der Waals surface area (Å²) in [6, 6.07) is 5.98. The van der Waals surface area contributed by atoms with Crippen molar-refractivity contribution in [3.8, 4) is 0 Å². The molecule has 1 aromatic rings. The van der Waals surface area contributed by atoms with E-state index in [0.29, 0.717) is 11.6 Å². The summed E-state index contributed by atoms with van der Waals surface area (Å²) in [5.74, 6) is -0.850. The van der Waals surface area contributed by atoms with Crippen LogP contribution in [0.3, 0.4) is 0 Å². The summed E-state index contributed by atoms with van der Waals surface area (Å²) in [5, 5.41) is 12.5. The molecular formula is C15H20N2O2. The van der Waals surface area contributed by atoms with Gasteiger partial charge in [0.05, 0.1) is 16.9 Å². The summed E-state index contributed by atoms with van der Waals surface area (Å²) in [4.78, 5) is 13.5. The Bertz CT molecular complexity index is 481. The zero-order valence-corrected chi connectivity index (χ0v) is 11.1. The largest absolute Gasteiger partial charge is 0.478 e. The first-order chi connectivity index (χ1) is 9.25. The Morgan fingerprint density at radius 2 is 2.05 bits per heavy atom. The van der Waals surface area contributed by atoms with Gasteiger partial charge in [-0.2, -0.15) is 0 Å². The molecule has 2 aliphatic rings. The van der Waals surface area contributed by atoms with Gasteiger partial charge >= 0.3 is 5.97 Å². The van der Waals surface area contributed by atoms with Gasteiger partial charge < -0.3 is 15.3 Å². The van der Waals surface area contributed by atoms with Gasteiger partial charge in [-0.25, -0.2) is 4.79 Å². The van der Waals surface area contributed by atoms with E-state index in [1.807, 2.05) is 12.1 Å². The molecule has 1 aliphatic carbocycles. The van der Waals surface area contributed by atoms with E-state index in [2.05, 4.69) is 10.2 Å². The molecule has 0 spiro atoms. The predicted octanol–water partition coefficient (Wildman–Crippen LogP) is 2.95. The van der Waals surface area contributed by atoms with E-state index in [-0.39, 0.29) is 0 Å². The van der Waals surface area contributed by atoms with Gasteiger partial charge in [-0.05, 0) is 31.0 Å². The molecule has 102 valence electrons. The highest BCUT2D eigenvalue weighted by molar-refractivity contribution is 5.91. The first-order valence-corrected chi connectivity index (χ1v) is 7.13. The Balaban J connectivity index is 1.92. The van der Waals surface area contributed by atoms with Crippen LogP contribution in [-0.4, -0.2) is 30.2 Å². The molecule has 0 saturated heterocycles. The Morgan fingerprint density at radius 1 is 1.26 bits per heavy atom. The van der Waals surface area contributed by atoms with Crippen molar-refractivity contribution in [2.24, 2.45) is 0 Å². The van der Waals surface area contributed by atoms with Crippen LogP contribution in [0.2, 0.25) is 0 Å². The molecule has 1 aliphatic heterocycles. The third kappa shape index (κ3) is 2.39. The predicted molar refractivity (Wildman–Crippen MR) is 76.1 cm³/mol. The van der Waals surface area contributed by atoms with Crippen molar-refractivity contribution in [2.75, 3.05) is 23.3 Å². The molecule has 0 atom stereocenters. The highest BCUT2D eigenvalue weighted by Crippen LogP contribution is 2.35. The molecule has 1 saturated carbocycles. The van der Waals surface area contributed by atoms with Crippen molar-refractivity contribution in [3.05, 3.63) is 23.8 Å². The summed E-state index contributed by atoms with van der Waals surface area (Å²) in [7, 11) is 0. The number of aromatic carboxylic acids is 1.